The van der Waals surface area contributed by atoms with E-state index in [0.717, 1.165) is 5.56 Å². The summed E-state index contributed by atoms with van der Waals surface area (Å²) < 4.78 is 5.28. The van der Waals surface area contributed by atoms with Crippen molar-refractivity contribution in [3.8, 4) is 11.8 Å². The van der Waals surface area contributed by atoms with Gasteiger partial charge in [-0.3, -0.25) is 4.79 Å². The van der Waals surface area contributed by atoms with Crippen molar-refractivity contribution in [1.29, 1.82) is 5.26 Å². The van der Waals surface area contributed by atoms with Crippen LogP contribution in [-0.4, -0.2) is 18.7 Å². The number of nitrogens with one attached hydrogen (secondary N) is 1. The molecule has 1 N–H and O–H groups in total. The maximum atomic E-state index is 11.6. The highest BCUT2D eigenvalue weighted by Gasteiger charge is 2.05. The van der Waals surface area contributed by atoms with E-state index in [4.69, 9.17) is 10.00 Å². The van der Waals surface area contributed by atoms with Crippen LogP contribution >= 0.6 is 0 Å². The number of nitrogens with zero attached hydrogens (tertiary/aromatic N) is 2. The Hall–Kier alpha value is -3.13. The molecule has 0 atom stereocenters. The standard InChI is InChI=1S/C16H13N3O2/c17-10-14-8-4-5-9-15(14)21-12-16(20)19-18-11-13-6-2-1-3-7-13/h1-9,11H,12H2,(H,19,20)/b18-11+. The monoisotopic (exact) mass is 279 g/mol. The van der Waals surface area contributed by atoms with E-state index < -0.39 is 5.91 Å². The third-order valence-electron chi connectivity index (χ3n) is 2.57. The van der Waals surface area contributed by atoms with Gasteiger partial charge in [0, 0.05) is 0 Å². The van der Waals surface area contributed by atoms with Crippen LogP contribution in [0.5, 0.6) is 5.75 Å². The second-order valence-electron chi connectivity index (χ2n) is 4.10. The van der Waals surface area contributed by atoms with E-state index >= 15 is 0 Å². The van der Waals surface area contributed by atoms with E-state index in [1.807, 2.05) is 36.4 Å². The summed E-state index contributed by atoms with van der Waals surface area (Å²) in [6.45, 7) is -0.204. The Morgan fingerprint density at radius 1 is 1.19 bits per heavy atom. The summed E-state index contributed by atoms with van der Waals surface area (Å²) in [5.41, 5.74) is 3.63. The molecule has 104 valence electrons. The van der Waals surface area contributed by atoms with Crippen LogP contribution in [0.1, 0.15) is 11.1 Å². The van der Waals surface area contributed by atoms with Crippen LogP contribution in [-0.2, 0) is 4.79 Å². The first kappa shape index (κ1) is 14.3. The highest BCUT2D eigenvalue weighted by atomic mass is 16.5. The molecule has 0 bridgehead atoms. The van der Waals surface area contributed by atoms with E-state index in [1.54, 1.807) is 30.5 Å². The molecule has 2 rings (SSSR count). The van der Waals surface area contributed by atoms with Crippen molar-refractivity contribution >= 4 is 12.1 Å². The summed E-state index contributed by atoms with van der Waals surface area (Å²) in [7, 11) is 0. The molecule has 0 spiro atoms. The Bertz CT molecular complexity index is 675. The fraction of sp³-hybridized carbons (Fsp3) is 0.0625. The minimum Gasteiger partial charge on any atom is -0.482 e. The lowest BCUT2D eigenvalue weighted by molar-refractivity contribution is -0.123. The lowest BCUT2D eigenvalue weighted by Gasteiger charge is -2.06. The zero-order valence-electron chi connectivity index (χ0n) is 11.2. The van der Waals surface area contributed by atoms with Crippen molar-refractivity contribution in [2.24, 2.45) is 5.10 Å². The van der Waals surface area contributed by atoms with Gasteiger partial charge in [-0.15, -0.1) is 0 Å². The maximum absolute atomic E-state index is 11.6. The van der Waals surface area contributed by atoms with Gasteiger partial charge in [0.2, 0.25) is 0 Å². The van der Waals surface area contributed by atoms with Gasteiger partial charge in [-0.1, -0.05) is 42.5 Å². The summed E-state index contributed by atoms with van der Waals surface area (Å²) >= 11 is 0. The third-order valence-corrected chi connectivity index (χ3v) is 2.57. The predicted molar refractivity (Wildman–Crippen MR) is 78.8 cm³/mol. The van der Waals surface area contributed by atoms with Crippen LogP contribution < -0.4 is 10.2 Å². The van der Waals surface area contributed by atoms with Crippen LogP contribution in [0.15, 0.2) is 59.7 Å². The largest absolute Gasteiger partial charge is 0.482 e. The number of para-hydroxylation sites is 1. The number of rotatable bonds is 5. The van der Waals surface area contributed by atoms with Gasteiger partial charge in [0.1, 0.15) is 11.8 Å². The molecule has 21 heavy (non-hydrogen) atoms. The SMILES string of the molecule is N#Cc1ccccc1OCC(=O)N/N=C/c1ccccc1. The molecule has 0 aliphatic carbocycles. The molecule has 0 radical (unpaired) electrons. The number of carbonyl (C=O) groups excluding carboxylic acids is 1. The smallest absolute Gasteiger partial charge is 0.277 e. The molecule has 5 heteroatoms. The number of nitriles is 1. The van der Waals surface area contributed by atoms with Gasteiger partial charge in [-0.05, 0) is 17.7 Å². The number of carbonyl (C=O) groups is 1. The molecular weight excluding hydrogens is 266 g/mol. The zero-order valence-corrected chi connectivity index (χ0v) is 11.2. The molecule has 0 aliphatic rings. The van der Waals surface area contributed by atoms with Crippen molar-refractivity contribution in [2.45, 2.75) is 0 Å². The van der Waals surface area contributed by atoms with Crippen molar-refractivity contribution < 1.29 is 9.53 Å². The normalized spacial score (nSPS) is 10.0. The van der Waals surface area contributed by atoms with Crippen LogP contribution in [0.4, 0.5) is 0 Å². The molecule has 1 amide bonds. The third kappa shape index (κ3) is 4.48. The van der Waals surface area contributed by atoms with Crippen LogP contribution in [0.3, 0.4) is 0 Å². The quantitative estimate of drug-likeness (QED) is 0.672. The molecule has 2 aromatic rings. The highest BCUT2D eigenvalue weighted by Crippen LogP contribution is 2.15. The molecule has 5 nitrogen and oxygen atoms in total. The molecular formula is C16H13N3O2. The summed E-state index contributed by atoms with van der Waals surface area (Å²) in [5, 5.41) is 12.7. The first-order valence-electron chi connectivity index (χ1n) is 6.28. The molecule has 0 saturated carbocycles. The Balaban J connectivity index is 1.83. The summed E-state index contributed by atoms with van der Waals surface area (Å²) in [6.07, 6.45) is 1.54. The van der Waals surface area contributed by atoms with Gasteiger partial charge in [-0.25, -0.2) is 5.43 Å². The lowest BCUT2D eigenvalue weighted by Crippen LogP contribution is -2.24. The molecule has 0 heterocycles. The number of benzene rings is 2. The Morgan fingerprint density at radius 3 is 2.67 bits per heavy atom. The first-order chi connectivity index (χ1) is 10.3. The second-order valence-corrected chi connectivity index (χ2v) is 4.10. The average Bonchev–Trinajstić information content (AvgIpc) is 2.54. The lowest BCUT2D eigenvalue weighted by atomic mass is 10.2. The Morgan fingerprint density at radius 2 is 1.90 bits per heavy atom. The van der Waals surface area contributed by atoms with E-state index in [1.165, 1.54) is 0 Å². The van der Waals surface area contributed by atoms with Crippen LogP contribution in [0, 0.1) is 11.3 Å². The van der Waals surface area contributed by atoms with Gasteiger partial charge >= 0.3 is 0 Å². The Kier molecular flexibility index (Phi) is 5.07. The topological polar surface area (TPSA) is 74.5 Å². The summed E-state index contributed by atoms with van der Waals surface area (Å²) in [4.78, 5) is 11.6. The van der Waals surface area contributed by atoms with Gasteiger partial charge in [-0.2, -0.15) is 10.4 Å². The van der Waals surface area contributed by atoms with Crippen molar-refractivity contribution in [1.82, 2.24) is 5.43 Å². The second kappa shape index (κ2) is 7.46. The predicted octanol–water partition coefficient (Wildman–Crippen LogP) is 2.09. The average molecular weight is 279 g/mol. The van der Waals surface area contributed by atoms with E-state index in [9.17, 15) is 4.79 Å². The first-order valence-corrected chi connectivity index (χ1v) is 6.28. The van der Waals surface area contributed by atoms with E-state index in [2.05, 4.69) is 10.5 Å². The fourth-order valence-electron chi connectivity index (χ4n) is 1.58. The Labute approximate surface area is 122 Å². The minimum atomic E-state index is -0.394. The van der Waals surface area contributed by atoms with Crippen molar-refractivity contribution in [3.05, 3.63) is 65.7 Å². The number of hydrazone groups is 1. The molecule has 0 fully saturated rings. The maximum Gasteiger partial charge on any atom is 0.277 e. The van der Waals surface area contributed by atoms with Gasteiger partial charge in [0.25, 0.3) is 5.91 Å². The zero-order chi connectivity index (χ0) is 14.9. The number of ether oxygens (including phenoxy) is 1. The van der Waals surface area contributed by atoms with Gasteiger partial charge in [0.15, 0.2) is 6.61 Å². The van der Waals surface area contributed by atoms with Crippen molar-refractivity contribution in [2.75, 3.05) is 6.61 Å². The van der Waals surface area contributed by atoms with E-state index in [-0.39, 0.29) is 6.61 Å². The van der Waals surface area contributed by atoms with Gasteiger partial charge in [0.05, 0.1) is 11.8 Å². The fourth-order valence-corrected chi connectivity index (χ4v) is 1.58. The highest BCUT2D eigenvalue weighted by molar-refractivity contribution is 5.82. The molecule has 0 aliphatic heterocycles. The molecule has 0 aromatic heterocycles. The number of hydrogen-bond acceptors (Lipinski definition) is 4. The van der Waals surface area contributed by atoms with Crippen molar-refractivity contribution in [3.63, 3.8) is 0 Å². The summed E-state index contributed by atoms with van der Waals surface area (Å²) in [6, 6.07) is 18.1. The van der Waals surface area contributed by atoms with Crippen LogP contribution in [0.25, 0.3) is 0 Å². The number of amides is 1. The molecule has 2 aromatic carbocycles. The van der Waals surface area contributed by atoms with E-state index in [0.29, 0.717) is 11.3 Å². The molecule has 0 unspecified atom stereocenters. The van der Waals surface area contributed by atoms with Gasteiger partial charge < -0.3 is 4.74 Å². The summed E-state index contributed by atoms with van der Waals surface area (Å²) in [5.74, 6) is -0.0166. The molecule has 0 saturated heterocycles. The minimum absolute atomic E-state index is 0.204. The van der Waals surface area contributed by atoms with Crippen LogP contribution in [0.2, 0.25) is 0 Å². The number of hydrogen-bond donors (Lipinski definition) is 1.